The first-order valence-electron chi connectivity index (χ1n) is 23.7. The lowest BCUT2D eigenvalue weighted by Gasteiger charge is -2.23. The van der Waals surface area contributed by atoms with Crippen LogP contribution in [-0.2, 0) is 45.1 Å². The summed E-state index contributed by atoms with van der Waals surface area (Å²) in [4.78, 5) is 51.9. The molecule has 4 amide bonds. The Labute approximate surface area is 393 Å². The molecule has 0 spiro atoms. The first-order chi connectivity index (χ1) is 31.6. The van der Waals surface area contributed by atoms with Gasteiger partial charge in [0.2, 0.25) is 11.8 Å². The van der Waals surface area contributed by atoms with Crippen molar-refractivity contribution < 1.29 is 38.1 Å². The van der Waals surface area contributed by atoms with Gasteiger partial charge in [-0.15, -0.1) is 0 Å². The Hall–Kier alpha value is -6.04. The van der Waals surface area contributed by atoms with Crippen molar-refractivity contribution in [3.05, 3.63) is 131 Å². The molecule has 4 aromatic rings. The second kappa shape index (κ2) is 28.1. The van der Waals surface area contributed by atoms with Gasteiger partial charge >= 0.3 is 12.2 Å². The van der Waals surface area contributed by atoms with E-state index in [9.17, 15) is 19.2 Å². The van der Waals surface area contributed by atoms with E-state index < -0.39 is 35.5 Å². The Morgan fingerprint density at radius 1 is 0.424 bits per heavy atom. The highest BCUT2D eigenvalue weighted by Crippen LogP contribution is 2.18. The maximum atomic E-state index is 13.3. The van der Waals surface area contributed by atoms with Gasteiger partial charge in [-0.2, -0.15) is 0 Å². The van der Waals surface area contributed by atoms with Crippen LogP contribution in [0, 0.1) is 0 Å². The molecule has 0 fully saturated rings. The summed E-state index contributed by atoms with van der Waals surface area (Å²) in [6.45, 7) is 12.7. The number of rotatable bonds is 27. The van der Waals surface area contributed by atoms with E-state index in [4.69, 9.17) is 18.9 Å². The maximum Gasteiger partial charge on any atom is 0.408 e. The van der Waals surface area contributed by atoms with Crippen LogP contribution in [-0.4, -0.2) is 60.4 Å². The molecule has 0 aliphatic rings. The van der Waals surface area contributed by atoms with Crippen LogP contribution in [0.4, 0.5) is 9.59 Å². The Balaban J connectivity index is 1.08. The normalized spacial score (nSPS) is 12.3. The number of alkyl carbamates (subject to hydrolysis) is 2. The van der Waals surface area contributed by atoms with Crippen LogP contribution >= 0.6 is 0 Å². The Kier molecular flexibility index (Phi) is 22.4. The molecule has 12 heteroatoms. The third-order valence-corrected chi connectivity index (χ3v) is 10.4. The molecule has 4 rings (SSSR count). The molecule has 0 aliphatic heterocycles. The van der Waals surface area contributed by atoms with Gasteiger partial charge in [-0.1, -0.05) is 136 Å². The monoisotopic (exact) mass is 907 g/mol. The zero-order valence-electron chi connectivity index (χ0n) is 40.1. The molecule has 66 heavy (non-hydrogen) atoms. The third-order valence-electron chi connectivity index (χ3n) is 10.4. The van der Waals surface area contributed by atoms with Crippen molar-refractivity contribution in [2.24, 2.45) is 0 Å². The second-order valence-corrected chi connectivity index (χ2v) is 18.8. The second-order valence-electron chi connectivity index (χ2n) is 18.8. The Morgan fingerprint density at radius 2 is 0.742 bits per heavy atom. The molecule has 0 saturated heterocycles. The summed E-state index contributed by atoms with van der Waals surface area (Å²) in [5.74, 6) is 0.969. The van der Waals surface area contributed by atoms with E-state index in [1.165, 1.54) is 0 Å². The molecular formula is C54H74N4O8. The largest absolute Gasteiger partial charge is 0.489 e. The minimum atomic E-state index is -0.786. The molecular weight excluding hydrogens is 833 g/mol. The number of nitrogens with one attached hydrogen (secondary N) is 4. The quantitative estimate of drug-likeness (QED) is 0.0432. The van der Waals surface area contributed by atoms with Crippen LogP contribution in [0.25, 0.3) is 0 Å². The summed E-state index contributed by atoms with van der Waals surface area (Å²) >= 11 is 0. The van der Waals surface area contributed by atoms with Gasteiger partial charge in [0.25, 0.3) is 0 Å². The van der Waals surface area contributed by atoms with Gasteiger partial charge in [-0.25, -0.2) is 9.59 Å². The van der Waals surface area contributed by atoms with Crippen LogP contribution in [0.2, 0.25) is 0 Å². The predicted octanol–water partition coefficient (Wildman–Crippen LogP) is 10.5. The highest BCUT2D eigenvalue weighted by atomic mass is 16.6. The van der Waals surface area contributed by atoms with E-state index in [-0.39, 0.29) is 11.8 Å². The van der Waals surface area contributed by atoms with Gasteiger partial charge < -0.3 is 40.2 Å². The van der Waals surface area contributed by atoms with Gasteiger partial charge in [-0.05, 0) is 101 Å². The minimum Gasteiger partial charge on any atom is -0.489 e. The number of carbonyl (C=O) groups excluding carboxylic acids is 4. The van der Waals surface area contributed by atoms with E-state index in [1.807, 2.05) is 109 Å². The van der Waals surface area contributed by atoms with E-state index in [0.29, 0.717) is 39.1 Å². The first-order valence-corrected chi connectivity index (χ1v) is 23.7. The van der Waals surface area contributed by atoms with Crippen LogP contribution < -0.4 is 30.7 Å². The summed E-state index contributed by atoms with van der Waals surface area (Å²) in [7, 11) is 0. The standard InChI is InChI=1S/C54H74N4O8/c1-53(2,3)65-51(61)57-47(37-41-27-31-45(32-28-41)63-39-43-23-17-15-18-24-43)49(59)55-35-21-13-11-9-7-8-10-12-14-22-36-56-50(60)48(58-52(62)66-54(4,5)6)38-42-29-33-46(34-30-42)64-40-44-25-19-16-20-26-44/h15-20,23-34,47-48H,7-14,21-22,35-40H2,1-6H3,(H,55,59)(H,56,60)(H,57,61)(H,58,62)/t47-,48-/m0/s1. The topological polar surface area (TPSA) is 153 Å². The fraction of sp³-hybridized carbons (Fsp3) is 0.481. The molecule has 4 aromatic carbocycles. The molecule has 0 heterocycles. The average molecular weight is 907 g/mol. The van der Waals surface area contributed by atoms with Gasteiger partial charge in [0.15, 0.2) is 0 Å². The highest BCUT2D eigenvalue weighted by Gasteiger charge is 2.26. The average Bonchev–Trinajstić information content (AvgIpc) is 3.27. The van der Waals surface area contributed by atoms with Gasteiger partial charge in [0, 0.05) is 25.9 Å². The van der Waals surface area contributed by atoms with Crippen molar-refractivity contribution in [3.63, 3.8) is 0 Å². The van der Waals surface area contributed by atoms with Gasteiger partial charge in [0.05, 0.1) is 0 Å². The molecule has 2 atom stereocenters. The first kappa shape index (κ1) is 52.6. The molecule has 0 aromatic heterocycles. The molecule has 0 bridgehead atoms. The lowest BCUT2D eigenvalue weighted by molar-refractivity contribution is -0.123. The Bertz CT molecular complexity index is 1870. The summed E-state index contributed by atoms with van der Waals surface area (Å²) in [6.07, 6.45) is 9.84. The van der Waals surface area contributed by atoms with Crippen LogP contribution in [0.1, 0.15) is 128 Å². The summed E-state index contributed by atoms with van der Waals surface area (Å²) in [5, 5.41) is 11.6. The number of hydrogen-bond donors (Lipinski definition) is 4. The highest BCUT2D eigenvalue weighted by molar-refractivity contribution is 5.86. The van der Waals surface area contributed by atoms with Crippen molar-refractivity contribution in [1.82, 2.24) is 21.3 Å². The molecule has 0 saturated carbocycles. The van der Waals surface area contributed by atoms with Gasteiger partial charge in [0.1, 0.15) is 48.0 Å². The van der Waals surface area contributed by atoms with E-state index in [2.05, 4.69) is 21.3 Å². The summed E-state index contributed by atoms with van der Waals surface area (Å²) in [6, 6.07) is 33.5. The van der Waals surface area contributed by atoms with Crippen LogP contribution in [0.5, 0.6) is 11.5 Å². The smallest absolute Gasteiger partial charge is 0.408 e. The number of ether oxygens (including phenoxy) is 4. The number of carbonyl (C=O) groups is 4. The van der Waals surface area contributed by atoms with Crippen molar-refractivity contribution >= 4 is 24.0 Å². The number of hydrogen-bond acceptors (Lipinski definition) is 8. The number of benzene rings is 4. The number of unbranched alkanes of at least 4 members (excludes halogenated alkanes) is 9. The minimum absolute atomic E-state index is 0.242. The molecule has 4 N–H and O–H groups in total. The SMILES string of the molecule is CC(C)(C)OC(=O)N[C@@H](Cc1ccc(OCc2ccccc2)cc1)C(=O)NCCCCCCCCCCCCNC(=O)[C@H](Cc1ccc(OCc2ccccc2)cc1)NC(=O)OC(C)(C)C. The van der Waals surface area contributed by atoms with Crippen LogP contribution in [0.15, 0.2) is 109 Å². The van der Waals surface area contributed by atoms with E-state index in [0.717, 1.165) is 98.0 Å². The Morgan fingerprint density at radius 3 is 1.06 bits per heavy atom. The predicted molar refractivity (Wildman–Crippen MR) is 260 cm³/mol. The fourth-order valence-corrected chi connectivity index (χ4v) is 7.05. The van der Waals surface area contributed by atoms with Crippen molar-refractivity contribution in [2.75, 3.05) is 13.1 Å². The van der Waals surface area contributed by atoms with Crippen molar-refractivity contribution in [3.8, 4) is 11.5 Å². The lowest BCUT2D eigenvalue weighted by Crippen LogP contribution is -2.49. The van der Waals surface area contributed by atoms with Crippen molar-refractivity contribution in [1.29, 1.82) is 0 Å². The van der Waals surface area contributed by atoms with E-state index >= 15 is 0 Å². The number of amides is 4. The summed E-state index contributed by atoms with van der Waals surface area (Å²) < 4.78 is 22.7. The molecule has 12 nitrogen and oxygen atoms in total. The molecule has 0 aliphatic carbocycles. The lowest BCUT2D eigenvalue weighted by atomic mass is 10.0. The van der Waals surface area contributed by atoms with Crippen LogP contribution in [0.3, 0.4) is 0 Å². The van der Waals surface area contributed by atoms with Gasteiger partial charge in [-0.3, -0.25) is 9.59 Å². The third kappa shape index (κ3) is 22.7. The maximum absolute atomic E-state index is 13.3. The zero-order valence-corrected chi connectivity index (χ0v) is 40.1. The summed E-state index contributed by atoms with van der Waals surface area (Å²) in [5.41, 5.74) is 2.56. The molecule has 0 radical (unpaired) electrons. The molecule has 358 valence electrons. The van der Waals surface area contributed by atoms with E-state index in [1.54, 1.807) is 41.5 Å². The van der Waals surface area contributed by atoms with Crippen molar-refractivity contribution in [2.45, 2.75) is 155 Å². The zero-order chi connectivity index (χ0) is 47.6. The molecule has 0 unspecified atom stereocenters. The fourth-order valence-electron chi connectivity index (χ4n) is 7.05.